The van der Waals surface area contributed by atoms with E-state index in [2.05, 4.69) is 17.2 Å². The van der Waals surface area contributed by atoms with Gasteiger partial charge in [-0.3, -0.25) is 0 Å². The SMILES string of the molecule is CC[C@H](N[C@@H]1CCOc2ccc(F)cc21)c1nccn1C. The van der Waals surface area contributed by atoms with Crippen molar-refractivity contribution in [3.8, 4) is 5.75 Å². The van der Waals surface area contributed by atoms with Gasteiger partial charge in [-0.2, -0.15) is 0 Å². The first-order chi connectivity index (χ1) is 10.2. The summed E-state index contributed by atoms with van der Waals surface area (Å²) in [5.41, 5.74) is 0.897. The molecule has 2 aromatic rings. The van der Waals surface area contributed by atoms with Crippen molar-refractivity contribution < 1.29 is 9.13 Å². The largest absolute Gasteiger partial charge is 0.493 e. The van der Waals surface area contributed by atoms with Gasteiger partial charge in [0.05, 0.1) is 12.6 Å². The normalized spacial score (nSPS) is 18.9. The molecule has 0 unspecified atom stereocenters. The molecule has 1 aromatic heterocycles. The summed E-state index contributed by atoms with van der Waals surface area (Å²) in [6, 6.07) is 4.95. The molecular weight excluding hydrogens is 269 g/mol. The number of hydrogen-bond donors (Lipinski definition) is 1. The summed E-state index contributed by atoms with van der Waals surface area (Å²) < 4.78 is 21.2. The molecule has 0 bridgehead atoms. The van der Waals surface area contributed by atoms with Gasteiger partial charge in [0, 0.05) is 37.5 Å². The Bertz CT molecular complexity index is 626. The standard InChI is InChI=1S/C16H20FN3O/c1-3-13(16-18-7-8-20(16)2)19-14-6-9-21-15-5-4-11(17)10-12(14)15/h4-5,7-8,10,13-14,19H,3,6,9H2,1-2H3/t13-,14+/m0/s1. The predicted molar refractivity (Wildman–Crippen MR) is 78.6 cm³/mol. The van der Waals surface area contributed by atoms with Gasteiger partial charge in [0.2, 0.25) is 0 Å². The van der Waals surface area contributed by atoms with Gasteiger partial charge in [-0.15, -0.1) is 0 Å². The Morgan fingerprint density at radius 1 is 1.52 bits per heavy atom. The number of benzene rings is 1. The number of halogens is 1. The van der Waals surface area contributed by atoms with Crippen LogP contribution in [0.25, 0.3) is 0 Å². The third kappa shape index (κ3) is 2.78. The van der Waals surface area contributed by atoms with Crippen LogP contribution in [0, 0.1) is 5.82 Å². The lowest BCUT2D eigenvalue weighted by Gasteiger charge is -2.30. The molecule has 1 N–H and O–H groups in total. The Morgan fingerprint density at radius 2 is 2.38 bits per heavy atom. The van der Waals surface area contributed by atoms with E-state index < -0.39 is 0 Å². The highest BCUT2D eigenvalue weighted by Crippen LogP contribution is 2.34. The minimum atomic E-state index is -0.226. The first-order valence-electron chi connectivity index (χ1n) is 7.34. The molecule has 0 aliphatic carbocycles. The van der Waals surface area contributed by atoms with Crippen LogP contribution in [0.3, 0.4) is 0 Å². The predicted octanol–water partition coefficient (Wildman–Crippen LogP) is 3.12. The summed E-state index contributed by atoms with van der Waals surface area (Å²) in [5.74, 6) is 1.55. The number of imidazole rings is 1. The molecule has 0 fully saturated rings. The third-order valence-corrected chi connectivity index (χ3v) is 3.99. The molecule has 3 rings (SSSR count). The van der Waals surface area contributed by atoms with Crippen molar-refractivity contribution in [3.63, 3.8) is 0 Å². The minimum absolute atomic E-state index is 0.0890. The van der Waals surface area contributed by atoms with Crippen molar-refractivity contribution >= 4 is 0 Å². The van der Waals surface area contributed by atoms with E-state index in [1.54, 1.807) is 18.3 Å². The van der Waals surface area contributed by atoms with Gasteiger partial charge in [-0.25, -0.2) is 9.37 Å². The van der Waals surface area contributed by atoms with E-state index in [1.807, 2.05) is 17.8 Å². The number of nitrogens with zero attached hydrogens (tertiary/aromatic N) is 2. The van der Waals surface area contributed by atoms with Crippen LogP contribution in [0.1, 0.15) is 43.2 Å². The van der Waals surface area contributed by atoms with Crippen LogP contribution in [0.15, 0.2) is 30.6 Å². The number of hydrogen-bond acceptors (Lipinski definition) is 3. The summed E-state index contributed by atoms with van der Waals surface area (Å²) in [4.78, 5) is 4.42. The monoisotopic (exact) mass is 289 g/mol. The van der Waals surface area contributed by atoms with E-state index in [9.17, 15) is 4.39 Å². The first-order valence-corrected chi connectivity index (χ1v) is 7.34. The second-order valence-corrected chi connectivity index (χ2v) is 5.40. The van der Waals surface area contributed by atoms with Crippen LogP contribution in [0.5, 0.6) is 5.75 Å². The van der Waals surface area contributed by atoms with Gasteiger partial charge < -0.3 is 14.6 Å². The lowest BCUT2D eigenvalue weighted by molar-refractivity contribution is 0.240. The molecule has 21 heavy (non-hydrogen) atoms. The fourth-order valence-corrected chi connectivity index (χ4v) is 2.87. The Hall–Kier alpha value is -1.88. The number of nitrogens with one attached hydrogen (secondary N) is 1. The molecule has 1 aliphatic heterocycles. The van der Waals surface area contributed by atoms with Crippen LogP contribution in [-0.2, 0) is 7.05 Å². The summed E-state index contributed by atoms with van der Waals surface area (Å²) in [7, 11) is 1.99. The van der Waals surface area contributed by atoms with E-state index in [0.29, 0.717) is 6.61 Å². The highest BCUT2D eigenvalue weighted by atomic mass is 19.1. The maximum absolute atomic E-state index is 13.5. The fourth-order valence-electron chi connectivity index (χ4n) is 2.87. The van der Waals surface area contributed by atoms with Crippen molar-refractivity contribution in [2.75, 3.05) is 6.61 Å². The quantitative estimate of drug-likeness (QED) is 0.940. The maximum Gasteiger partial charge on any atom is 0.125 e. The minimum Gasteiger partial charge on any atom is -0.493 e. The van der Waals surface area contributed by atoms with Gasteiger partial charge in [0.25, 0.3) is 0 Å². The van der Waals surface area contributed by atoms with Gasteiger partial charge in [-0.1, -0.05) is 6.92 Å². The van der Waals surface area contributed by atoms with Crippen LogP contribution in [0.2, 0.25) is 0 Å². The average molecular weight is 289 g/mol. The van der Waals surface area contributed by atoms with Crippen molar-refractivity contribution in [1.29, 1.82) is 0 Å². The first kappa shape index (κ1) is 14.1. The molecule has 0 saturated heterocycles. The lowest BCUT2D eigenvalue weighted by Crippen LogP contribution is -2.31. The van der Waals surface area contributed by atoms with Crippen LogP contribution < -0.4 is 10.1 Å². The number of fused-ring (bicyclic) bond motifs is 1. The number of rotatable bonds is 4. The highest BCUT2D eigenvalue weighted by molar-refractivity contribution is 5.38. The van der Waals surface area contributed by atoms with E-state index in [1.165, 1.54) is 6.07 Å². The van der Waals surface area contributed by atoms with Crippen LogP contribution in [0.4, 0.5) is 4.39 Å². The zero-order chi connectivity index (χ0) is 14.8. The molecule has 1 aromatic carbocycles. The molecule has 1 aliphatic rings. The zero-order valence-corrected chi connectivity index (χ0v) is 12.3. The van der Waals surface area contributed by atoms with E-state index in [-0.39, 0.29) is 17.9 Å². The second-order valence-electron chi connectivity index (χ2n) is 5.40. The Balaban J connectivity index is 1.85. The van der Waals surface area contributed by atoms with Gasteiger partial charge >= 0.3 is 0 Å². The van der Waals surface area contributed by atoms with Crippen molar-refractivity contribution in [1.82, 2.24) is 14.9 Å². The molecule has 0 saturated carbocycles. The Morgan fingerprint density at radius 3 is 3.10 bits per heavy atom. The van der Waals surface area contributed by atoms with Crippen molar-refractivity contribution in [2.45, 2.75) is 31.8 Å². The smallest absolute Gasteiger partial charge is 0.125 e. The molecule has 4 nitrogen and oxygen atoms in total. The van der Waals surface area contributed by atoms with E-state index >= 15 is 0 Å². The lowest BCUT2D eigenvalue weighted by atomic mass is 9.99. The third-order valence-electron chi connectivity index (χ3n) is 3.99. The zero-order valence-electron chi connectivity index (χ0n) is 12.3. The van der Waals surface area contributed by atoms with Crippen LogP contribution >= 0.6 is 0 Å². The summed E-state index contributed by atoms with van der Waals surface area (Å²) >= 11 is 0. The topological polar surface area (TPSA) is 39.1 Å². The highest BCUT2D eigenvalue weighted by Gasteiger charge is 2.25. The average Bonchev–Trinajstić information content (AvgIpc) is 2.91. The molecular formula is C16H20FN3O. The second kappa shape index (κ2) is 5.85. The van der Waals surface area contributed by atoms with Crippen molar-refractivity contribution in [2.24, 2.45) is 7.05 Å². The molecule has 112 valence electrons. The van der Waals surface area contributed by atoms with Gasteiger partial charge in [-0.05, 0) is 24.6 Å². The molecule has 0 spiro atoms. The molecule has 2 atom stereocenters. The Labute approximate surface area is 124 Å². The van der Waals surface area contributed by atoms with Crippen molar-refractivity contribution in [3.05, 3.63) is 47.8 Å². The summed E-state index contributed by atoms with van der Waals surface area (Å²) in [6.07, 6.45) is 5.50. The van der Waals surface area contributed by atoms with E-state index in [0.717, 1.165) is 30.0 Å². The summed E-state index contributed by atoms with van der Waals surface area (Å²) in [5, 5.41) is 3.60. The fraction of sp³-hybridized carbons (Fsp3) is 0.438. The molecule has 0 radical (unpaired) electrons. The summed E-state index contributed by atoms with van der Waals surface area (Å²) in [6.45, 7) is 2.77. The maximum atomic E-state index is 13.5. The van der Waals surface area contributed by atoms with Gasteiger partial charge in [0.15, 0.2) is 0 Å². The molecule has 0 amide bonds. The van der Waals surface area contributed by atoms with Gasteiger partial charge in [0.1, 0.15) is 17.4 Å². The van der Waals surface area contributed by atoms with Crippen LogP contribution in [-0.4, -0.2) is 16.2 Å². The number of aromatic nitrogens is 2. The molecule has 5 heteroatoms. The number of aryl methyl sites for hydroxylation is 1. The molecule has 2 heterocycles. The van der Waals surface area contributed by atoms with E-state index in [4.69, 9.17) is 4.74 Å². The Kier molecular flexibility index (Phi) is 3.92. The number of ether oxygens (including phenoxy) is 1.